The first-order valence-electron chi connectivity index (χ1n) is 11.4. The van der Waals surface area contributed by atoms with Crippen molar-refractivity contribution >= 4 is 11.6 Å². The summed E-state index contributed by atoms with van der Waals surface area (Å²) in [6, 6.07) is 15.1. The molecule has 0 heterocycles. The summed E-state index contributed by atoms with van der Waals surface area (Å²) in [7, 11) is 0. The number of benzene rings is 2. The molecule has 30 heavy (non-hydrogen) atoms. The fourth-order valence-corrected chi connectivity index (χ4v) is 6.48. The fourth-order valence-electron chi connectivity index (χ4n) is 6.48. The number of fused-ring (bicyclic) bond motifs is 1. The molecule has 5 unspecified atom stereocenters. The van der Waals surface area contributed by atoms with Crippen LogP contribution >= 0.6 is 0 Å². The molecule has 3 saturated carbocycles. The van der Waals surface area contributed by atoms with Crippen LogP contribution in [0.2, 0.25) is 0 Å². The van der Waals surface area contributed by atoms with Gasteiger partial charge in [0.1, 0.15) is 5.75 Å². The zero-order valence-corrected chi connectivity index (χ0v) is 17.7. The van der Waals surface area contributed by atoms with Gasteiger partial charge in [0.25, 0.3) is 5.91 Å². The average molecular weight is 405 g/mol. The van der Waals surface area contributed by atoms with Gasteiger partial charge >= 0.3 is 0 Å². The van der Waals surface area contributed by atoms with Crippen molar-refractivity contribution in [2.24, 2.45) is 23.7 Å². The number of phenolic OH excluding ortho intramolecular Hbond substituents is 1. The van der Waals surface area contributed by atoms with Gasteiger partial charge in [0.15, 0.2) is 0 Å². The Balaban J connectivity index is 1.16. The lowest BCUT2D eigenvalue weighted by atomic mass is 9.62. The van der Waals surface area contributed by atoms with Crippen LogP contribution in [0.5, 0.6) is 5.75 Å². The van der Waals surface area contributed by atoms with Gasteiger partial charge in [-0.25, -0.2) is 0 Å². The van der Waals surface area contributed by atoms with Crippen molar-refractivity contribution in [3.8, 4) is 5.75 Å². The Hall–Kier alpha value is -2.49. The second-order valence-corrected chi connectivity index (χ2v) is 10.1. The Bertz CT molecular complexity index is 919. The molecule has 2 aromatic carbocycles. The van der Waals surface area contributed by atoms with Gasteiger partial charge in [0, 0.05) is 23.3 Å². The predicted molar refractivity (Wildman–Crippen MR) is 120 cm³/mol. The van der Waals surface area contributed by atoms with Crippen LogP contribution in [0.1, 0.15) is 54.9 Å². The monoisotopic (exact) mass is 404 g/mol. The Morgan fingerprint density at radius 3 is 2.70 bits per heavy atom. The number of carbonyl (C=O) groups excluding carboxylic acids is 1. The fraction of sp³-hybridized carbons (Fsp3) is 0.500. The van der Waals surface area contributed by atoms with Crippen molar-refractivity contribution in [1.29, 1.82) is 0 Å². The molecule has 3 aliphatic rings. The van der Waals surface area contributed by atoms with Crippen LogP contribution in [0.25, 0.3) is 0 Å². The van der Waals surface area contributed by atoms with Crippen LogP contribution in [0.3, 0.4) is 0 Å². The molecule has 0 aliphatic heterocycles. The molecule has 0 aromatic heterocycles. The first-order chi connectivity index (χ1) is 14.5. The maximum absolute atomic E-state index is 12.5. The van der Waals surface area contributed by atoms with Gasteiger partial charge in [0.05, 0.1) is 0 Å². The van der Waals surface area contributed by atoms with Gasteiger partial charge in [-0.05, 0) is 111 Å². The van der Waals surface area contributed by atoms with Crippen molar-refractivity contribution in [2.75, 3.05) is 11.9 Å². The first-order valence-corrected chi connectivity index (χ1v) is 11.4. The van der Waals surface area contributed by atoms with E-state index in [-0.39, 0.29) is 17.2 Å². The third kappa shape index (κ3) is 3.92. The predicted octanol–water partition coefficient (Wildman–Crippen LogP) is 4.99. The highest BCUT2D eigenvalue weighted by molar-refractivity contribution is 5.94. The number of rotatable bonds is 6. The third-order valence-electron chi connectivity index (χ3n) is 7.71. The zero-order chi connectivity index (χ0) is 20.7. The Labute approximate surface area is 179 Å². The number of phenols is 1. The number of amides is 1. The quantitative estimate of drug-likeness (QED) is 0.635. The lowest BCUT2D eigenvalue weighted by molar-refractivity contribution is 0.0757. The SMILES string of the molecule is CC1(Nc2ccc(C(=O)NCCc3cccc(O)c3)cc2)CC2CC3CC(C1)C3C2. The average Bonchev–Trinajstić information content (AvgIpc) is 2.96. The molecule has 158 valence electrons. The minimum atomic E-state index is -0.0554. The van der Waals surface area contributed by atoms with Crippen molar-refractivity contribution in [1.82, 2.24) is 5.32 Å². The molecule has 3 N–H and O–H groups in total. The molecule has 4 heteroatoms. The van der Waals surface area contributed by atoms with E-state index < -0.39 is 0 Å². The number of nitrogens with one attached hydrogen (secondary N) is 2. The topological polar surface area (TPSA) is 61.4 Å². The van der Waals surface area contributed by atoms with Crippen LogP contribution in [-0.2, 0) is 6.42 Å². The van der Waals surface area contributed by atoms with E-state index in [1.165, 1.54) is 32.1 Å². The van der Waals surface area contributed by atoms with E-state index >= 15 is 0 Å². The zero-order valence-electron chi connectivity index (χ0n) is 17.7. The van der Waals surface area contributed by atoms with Gasteiger partial charge in [0.2, 0.25) is 0 Å². The molecular weight excluding hydrogens is 372 g/mol. The molecule has 0 spiro atoms. The van der Waals surface area contributed by atoms with Crippen LogP contribution < -0.4 is 10.6 Å². The number of aromatic hydroxyl groups is 1. The Kier molecular flexibility index (Phi) is 4.96. The molecule has 2 bridgehead atoms. The Morgan fingerprint density at radius 1 is 1.07 bits per heavy atom. The molecule has 1 amide bonds. The van der Waals surface area contributed by atoms with Gasteiger partial charge < -0.3 is 15.7 Å². The van der Waals surface area contributed by atoms with Crippen molar-refractivity contribution in [3.63, 3.8) is 0 Å². The molecular formula is C26H32N2O2. The maximum Gasteiger partial charge on any atom is 0.251 e. The second-order valence-electron chi connectivity index (χ2n) is 10.1. The summed E-state index contributed by atoms with van der Waals surface area (Å²) in [5.74, 6) is 4.05. The highest BCUT2D eigenvalue weighted by atomic mass is 16.3. The first kappa shape index (κ1) is 19.5. The van der Waals surface area contributed by atoms with E-state index in [9.17, 15) is 9.90 Å². The number of hydrogen-bond donors (Lipinski definition) is 3. The maximum atomic E-state index is 12.5. The Morgan fingerprint density at radius 2 is 1.90 bits per heavy atom. The number of anilines is 1. The van der Waals surface area contributed by atoms with E-state index in [2.05, 4.69) is 17.6 Å². The van der Waals surface area contributed by atoms with Gasteiger partial charge in [-0.1, -0.05) is 12.1 Å². The highest BCUT2D eigenvalue weighted by Crippen LogP contribution is 2.60. The summed E-state index contributed by atoms with van der Waals surface area (Å²) < 4.78 is 0. The van der Waals surface area contributed by atoms with Crippen LogP contribution in [-0.4, -0.2) is 23.1 Å². The largest absolute Gasteiger partial charge is 0.508 e. The molecule has 3 fully saturated rings. The second kappa shape index (κ2) is 7.64. The molecule has 0 radical (unpaired) electrons. The molecule has 5 rings (SSSR count). The van der Waals surface area contributed by atoms with E-state index in [0.717, 1.165) is 34.9 Å². The van der Waals surface area contributed by atoms with Crippen LogP contribution in [0.4, 0.5) is 5.69 Å². The van der Waals surface area contributed by atoms with Crippen molar-refractivity contribution < 1.29 is 9.90 Å². The minimum absolute atomic E-state index is 0.0554. The summed E-state index contributed by atoms with van der Waals surface area (Å²) in [6.07, 6.45) is 7.59. The third-order valence-corrected chi connectivity index (χ3v) is 7.71. The van der Waals surface area contributed by atoms with Crippen LogP contribution in [0, 0.1) is 23.7 Å². The van der Waals surface area contributed by atoms with Gasteiger partial charge in [-0.2, -0.15) is 0 Å². The summed E-state index contributed by atoms with van der Waals surface area (Å²) >= 11 is 0. The molecule has 5 atom stereocenters. The number of hydrogen-bond acceptors (Lipinski definition) is 3. The molecule has 3 aliphatic carbocycles. The normalized spacial score (nSPS) is 31.5. The molecule has 2 aromatic rings. The number of carbonyl (C=O) groups is 1. The van der Waals surface area contributed by atoms with E-state index in [4.69, 9.17) is 0 Å². The smallest absolute Gasteiger partial charge is 0.251 e. The van der Waals surface area contributed by atoms with E-state index in [0.29, 0.717) is 18.5 Å². The lowest BCUT2D eigenvalue weighted by Crippen LogP contribution is -2.44. The minimum Gasteiger partial charge on any atom is -0.508 e. The van der Waals surface area contributed by atoms with Gasteiger partial charge in [-0.3, -0.25) is 4.79 Å². The van der Waals surface area contributed by atoms with Crippen LogP contribution in [0.15, 0.2) is 48.5 Å². The van der Waals surface area contributed by atoms with E-state index in [1.54, 1.807) is 12.1 Å². The molecule has 4 nitrogen and oxygen atoms in total. The summed E-state index contributed by atoms with van der Waals surface area (Å²) in [5.41, 5.74) is 2.98. The summed E-state index contributed by atoms with van der Waals surface area (Å²) in [5, 5.41) is 16.3. The highest BCUT2D eigenvalue weighted by Gasteiger charge is 2.53. The van der Waals surface area contributed by atoms with Crippen molar-refractivity contribution in [3.05, 3.63) is 59.7 Å². The van der Waals surface area contributed by atoms with Gasteiger partial charge in [-0.15, -0.1) is 0 Å². The lowest BCUT2D eigenvalue weighted by Gasteiger charge is -2.46. The summed E-state index contributed by atoms with van der Waals surface area (Å²) in [6.45, 7) is 2.94. The van der Waals surface area contributed by atoms with Crippen molar-refractivity contribution in [2.45, 2.75) is 51.0 Å². The van der Waals surface area contributed by atoms with E-state index in [1.807, 2.05) is 36.4 Å². The molecule has 0 saturated heterocycles. The standard InChI is InChI=1S/C26H32N2O2/c1-26(15-18-11-20-14-21(16-26)24(20)13-18)28-22-7-5-19(6-8-22)25(30)27-10-9-17-3-2-4-23(29)12-17/h2-8,12,18,20-21,24,28-29H,9-11,13-16H2,1H3,(H,27,30). The summed E-state index contributed by atoms with van der Waals surface area (Å²) in [4.78, 5) is 12.5.